The molecule has 0 bridgehead atoms. The van der Waals surface area contributed by atoms with Gasteiger partial charge in [-0.3, -0.25) is 4.79 Å². The number of hydrogen-bond donors (Lipinski definition) is 0. The van der Waals surface area contributed by atoms with Crippen molar-refractivity contribution in [3.63, 3.8) is 0 Å². The molecule has 0 spiro atoms. The third kappa shape index (κ3) is 5.38. The van der Waals surface area contributed by atoms with Gasteiger partial charge in [-0.2, -0.15) is 5.26 Å². The zero-order valence-corrected chi connectivity index (χ0v) is 9.87. The molecule has 1 atom stereocenters. The number of carbonyl (C=O) groups is 1. The maximum absolute atomic E-state index is 11.3. The first-order chi connectivity index (χ1) is 6.96. The van der Waals surface area contributed by atoms with Crippen LogP contribution in [-0.4, -0.2) is 25.3 Å². The second kappa shape index (κ2) is 6.41. The first-order valence-corrected chi connectivity index (χ1v) is 5.08. The van der Waals surface area contributed by atoms with Gasteiger partial charge in [0, 0.05) is 7.11 Å². The van der Waals surface area contributed by atoms with E-state index in [0.29, 0.717) is 19.4 Å². The Morgan fingerprint density at radius 2 is 2.13 bits per heavy atom. The monoisotopic (exact) mass is 213 g/mol. The molecule has 0 rings (SSSR count). The van der Waals surface area contributed by atoms with Crippen LogP contribution in [0.3, 0.4) is 0 Å². The number of carbonyl (C=O) groups excluding carboxylic acids is 1. The summed E-state index contributed by atoms with van der Waals surface area (Å²) in [5, 5.41) is 8.80. The highest BCUT2D eigenvalue weighted by Gasteiger charge is 2.24. The number of rotatable bonds is 6. The van der Waals surface area contributed by atoms with Gasteiger partial charge >= 0.3 is 5.97 Å². The molecule has 0 saturated carbocycles. The van der Waals surface area contributed by atoms with Crippen molar-refractivity contribution in [2.45, 2.75) is 39.2 Å². The van der Waals surface area contributed by atoms with Crippen LogP contribution in [0.4, 0.5) is 0 Å². The maximum Gasteiger partial charge on any atom is 0.323 e. The van der Waals surface area contributed by atoms with Crippen LogP contribution >= 0.6 is 0 Å². The van der Waals surface area contributed by atoms with Gasteiger partial charge in [0.15, 0.2) is 0 Å². The Hall–Kier alpha value is -1.08. The average molecular weight is 213 g/mol. The molecule has 0 aromatic carbocycles. The van der Waals surface area contributed by atoms with Gasteiger partial charge in [0.05, 0.1) is 18.3 Å². The fourth-order valence-electron chi connectivity index (χ4n) is 1.07. The highest BCUT2D eigenvalue weighted by molar-refractivity contribution is 5.75. The molecule has 86 valence electrons. The molecule has 0 aliphatic rings. The van der Waals surface area contributed by atoms with Gasteiger partial charge in [0.2, 0.25) is 0 Å². The van der Waals surface area contributed by atoms with E-state index < -0.39 is 11.9 Å². The Morgan fingerprint density at radius 1 is 1.53 bits per heavy atom. The molecular weight excluding hydrogens is 194 g/mol. The normalized spacial score (nSPS) is 13.0. The number of esters is 1. The van der Waals surface area contributed by atoms with Crippen LogP contribution in [0.1, 0.15) is 33.6 Å². The molecule has 0 radical (unpaired) electrons. The summed E-state index contributed by atoms with van der Waals surface area (Å²) >= 11 is 0. The number of ether oxygens (including phenoxy) is 2. The number of methoxy groups -OCH3 is 1. The summed E-state index contributed by atoms with van der Waals surface area (Å²) in [5.41, 5.74) is -0.304. The second-order valence-electron chi connectivity index (χ2n) is 3.94. The molecule has 0 amide bonds. The van der Waals surface area contributed by atoms with Gasteiger partial charge < -0.3 is 9.47 Å². The summed E-state index contributed by atoms with van der Waals surface area (Å²) < 4.78 is 10.0. The van der Waals surface area contributed by atoms with Crippen molar-refractivity contribution >= 4 is 5.97 Å². The largest absolute Gasteiger partial charge is 0.465 e. The lowest BCUT2D eigenvalue weighted by Gasteiger charge is -2.23. The molecule has 0 aromatic heterocycles. The van der Waals surface area contributed by atoms with E-state index in [-0.39, 0.29) is 5.60 Å². The molecule has 0 N–H and O–H groups in total. The van der Waals surface area contributed by atoms with Gasteiger partial charge in [-0.25, -0.2) is 0 Å². The van der Waals surface area contributed by atoms with E-state index >= 15 is 0 Å². The van der Waals surface area contributed by atoms with Gasteiger partial charge in [-0.1, -0.05) is 0 Å². The maximum atomic E-state index is 11.3. The van der Waals surface area contributed by atoms with Crippen molar-refractivity contribution in [3.05, 3.63) is 0 Å². The molecule has 0 fully saturated rings. The lowest BCUT2D eigenvalue weighted by Crippen LogP contribution is -2.25. The average Bonchev–Trinajstić information content (AvgIpc) is 2.19. The standard InChI is InChI=1S/C11H19NO3/c1-5-15-10(13)9(8-12)6-7-11(2,3)14-4/h9H,5-7H2,1-4H3. The molecule has 15 heavy (non-hydrogen) atoms. The predicted molar refractivity (Wildman–Crippen MR) is 56.1 cm³/mol. The Kier molecular flexibility index (Phi) is 5.95. The first-order valence-electron chi connectivity index (χ1n) is 5.08. The second-order valence-corrected chi connectivity index (χ2v) is 3.94. The predicted octanol–water partition coefficient (Wildman–Crippen LogP) is 1.89. The van der Waals surface area contributed by atoms with Crippen LogP contribution in [-0.2, 0) is 14.3 Å². The Balaban J connectivity index is 4.13. The molecule has 0 aliphatic heterocycles. The topological polar surface area (TPSA) is 59.3 Å². The summed E-state index contributed by atoms with van der Waals surface area (Å²) in [6.07, 6.45) is 1.12. The van der Waals surface area contributed by atoms with Crippen molar-refractivity contribution in [3.8, 4) is 6.07 Å². The van der Waals surface area contributed by atoms with Crippen molar-refractivity contribution in [2.75, 3.05) is 13.7 Å². The molecule has 0 aromatic rings. The molecule has 0 heterocycles. The SMILES string of the molecule is CCOC(=O)C(C#N)CCC(C)(C)OC. The summed E-state index contributed by atoms with van der Waals surface area (Å²) in [6.45, 7) is 5.88. The third-order valence-corrected chi connectivity index (χ3v) is 2.31. The van der Waals surface area contributed by atoms with Crippen LogP contribution in [0.2, 0.25) is 0 Å². The van der Waals surface area contributed by atoms with Crippen LogP contribution < -0.4 is 0 Å². The van der Waals surface area contributed by atoms with E-state index in [1.807, 2.05) is 19.9 Å². The molecule has 0 saturated heterocycles. The van der Waals surface area contributed by atoms with Crippen LogP contribution in [0.25, 0.3) is 0 Å². The minimum Gasteiger partial charge on any atom is -0.465 e. The molecular formula is C11H19NO3. The van der Waals surface area contributed by atoms with Crippen molar-refractivity contribution in [2.24, 2.45) is 5.92 Å². The Labute approximate surface area is 91.2 Å². The lowest BCUT2D eigenvalue weighted by atomic mass is 9.95. The quantitative estimate of drug-likeness (QED) is 0.632. The van der Waals surface area contributed by atoms with Gasteiger partial charge in [-0.15, -0.1) is 0 Å². The molecule has 4 heteroatoms. The van der Waals surface area contributed by atoms with E-state index in [2.05, 4.69) is 0 Å². The van der Waals surface area contributed by atoms with E-state index in [1.54, 1.807) is 14.0 Å². The van der Waals surface area contributed by atoms with Gasteiger partial charge in [-0.05, 0) is 33.6 Å². The highest BCUT2D eigenvalue weighted by atomic mass is 16.5. The Bertz CT molecular complexity index is 243. The first kappa shape index (κ1) is 13.9. The van der Waals surface area contributed by atoms with E-state index in [0.717, 1.165) is 0 Å². The molecule has 1 unspecified atom stereocenters. The number of nitrogens with zero attached hydrogens (tertiary/aromatic N) is 1. The summed E-state index contributed by atoms with van der Waals surface area (Å²) in [6, 6.07) is 1.95. The summed E-state index contributed by atoms with van der Waals surface area (Å²) in [4.78, 5) is 11.3. The third-order valence-electron chi connectivity index (χ3n) is 2.31. The number of nitriles is 1. The van der Waals surface area contributed by atoms with Crippen molar-refractivity contribution in [1.29, 1.82) is 5.26 Å². The van der Waals surface area contributed by atoms with E-state index in [1.165, 1.54) is 0 Å². The minimum absolute atomic E-state index is 0.304. The number of hydrogen-bond acceptors (Lipinski definition) is 4. The van der Waals surface area contributed by atoms with Crippen molar-refractivity contribution in [1.82, 2.24) is 0 Å². The van der Waals surface area contributed by atoms with Gasteiger partial charge in [0.25, 0.3) is 0 Å². The van der Waals surface area contributed by atoms with Crippen LogP contribution in [0.15, 0.2) is 0 Å². The van der Waals surface area contributed by atoms with Crippen molar-refractivity contribution < 1.29 is 14.3 Å². The van der Waals surface area contributed by atoms with E-state index in [9.17, 15) is 4.79 Å². The minimum atomic E-state index is -0.681. The van der Waals surface area contributed by atoms with Crippen LogP contribution in [0.5, 0.6) is 0 Å². The fraction of sp³-hybridized carbons (Fsp3) is 0.818. The summed E-state index contributed by atoms with van der Waals surface area (Å²) in [7, 11) is 1.62. The molecule has 0 aliphatic carbocycles. The smallest absolute Gasteiger partial charge is 0.323 e. The molecule has 4 nitrogen and oxygen atoms in total. The fourth-order valence-corrected chi connectivity index (χ4v) is 1.07. The highest BCUT2D eigenvalue weighted by Crippen LogP contribution is 2.19. The van der Waals surface area contributed by atoms with Gasteiger partial charge in [0.1, 0.15) is 5.92 Å². The van der Waals surface area contributed by atoms with E-state index in [4.69, 9.17) is 14.7 Å². The van der Waals surface area contributed by atoms with Crippen LogP contribution in [0, 0.1) is 17.2 Å². The zero-order chi connectivity index (χ0) is 11.9. The summed E-state index contributed by atoms with van der Waals surface area (Å²) in [5.74, 6) is -1.12. The Morgan fingerprint density at radius 3 is 2.53 bits per heavy atom. The zero-order valence-electron chi connectivity index (χ0n) is 9.87. The lowest BCUT2D eigenvalue weighted by molar-refractivity contribution is -0.146.